The number of esters is 1. The first kappa shape index (κ1) is 14.9. The fourth-order valence-corrected chi connectivity index (χ4v) is 2.41. The smallest absolute Gasteiger partial charge is 0.360 e. The van der Waals surface area contributed by atoms with Crippen molar-refractivity contribution in [1.82, 2.24) is 0 Å². The van der Waals surface area contributed by atoms with Gasteiger partial charge in [-0.2, -0.15) is 0 Å². The summed E-state index contributed by atoms with van der Waals surface area (Å²) >= 11 is 5.85. The zero-order valence-corrected chi connectivity index (χ0v) is 12.4. The lowest BCUT2D eigenvalue weighted by atomic mass is 10.1. The van der Waals surface area contributed by atoms with E-state index in [0.717, 1.165) is 25.7 Å². The van der Waals surface area contributed by atoms with E-state index in [-0.39, 0.29) is 11.3 Å². The van der Waals surface area contributed by atoms with Crippen molar-refractivity contribution in [3.63, 3.8) is 0 Å². The average molecular weight is 296 g/mol. The quantitative estimate of drug-likeness (QED) is 0.485. The molecule has 1 aliphatic rings. The summed E-state index contributed by atoms with van der Waals surface area (Å²) in [6.07, 6.45) is 4.15. The molecule has 4 nitrogen and oxygen atoms in total. The minimum absolute atomic E-state index is 0.164. The number of methoxy groups -OCH3 is 1. The van der Waals surface area contributed by atoms with Crippen molar-refractivity contribution in [3.05, 3.63) is 34.9 Å². The molecular weight excluding hydrogens is 278 g/mol. The summed E-state index contributed by atoms with van der Waals surface area (Å²) in [7, 11) is 1.32. The monoisotopic (exact) mass is 295 g/mol. The molecule has 0 spiro atoms. The lowest BCUT2D eigenvalue weighted by Crippen LogP contribution is -2.25. The molecule has 0 heterocycles. The highest BCUT2D eigenvalue weighted by atomic mass is 35.5. The third-order valence-corrected chi connectivity index (χ3v) is 3.77. The van der Waals surface area contributed by atoms with E-state index in [4.69, 9.17) is 21.2 Å². The molecule has 0 N–H and O–H groups in total. The minimum atomic E-state index is -0.520. The van der Waals surface area contributed by atoms with Gasteiger partial charge in [-0.25, -0.2) is 4.79 Å². The number of benzene rings is 1. The van der Waals surface area contributed by atoms with E-state index in [1.54, 1.807) is 24.3 Å². The lowest BCUT2D eigenvalue weighted by molar-refractivity contribution is -0.133. The van der Waals surface area contributed by atoms with Crippen molar-refractivity contribution < 1.29 is 14.4 Å². The summed E-state index contributed by atoms with van der Waals surface area (Å²) in [6.45, 7) is 2.01. The van der Waals surface area contributed by atoms with Crippen molar-refractivity contribution in [2.24, 2.45) is 5.16 Å². The van der Waals surface area contributed by atoms with Gasteiger partial charge in [0.1, 0.15) is 5.60 Å². The molecule has 1 fully saturated rings. The summed E-state index contributed by atoms with van der Waals surface area (Å²) in [5.74, 6) is -0.520. The third kappa shape index (κ3) is 3.51. The Labute approximate surface area is 123 Å². The largest absolute Gasteiger partial charge is 0.464 e. The molecule has 0 radical (unpaired) electrons. The van der Waals surface area contributed by atoms with Crippen LogP contribution >= 0.6 is 11.6 Å². The highest BCUT2D eigenvalue weighted by molar-refractivity contribution is 6.43. The molecule has 108 valence electrons. The zero-order chi connectivity index (χ0) is 14.6. The Balaban J connectivity index is 2.23. The molecule has 1 aromatic carbocycles. The van der Waals surface area contributed by atoms with Crippen LogP contribution in [0.2, 0.25) is 5.02 Å². The van der Waals surface area contributed by atoms with Gasteiger partial charge in [-0.1, -0.05) is 28.9 Å². The number of carbonyl (C=O) groups excluding carboxylic acids is 1. The van der Waals surface area contributed by atoms with Gasteiger partial charge in [-0.3, -0.25) is 0 Å². The maximum Gasteiger partial charge on any atom is 0.360 e. The topological polar surface area (TPSA) is 47.9 Å². The third-order valence-electron chi connectivity index (χ3n) is 3.51. The van der Waals surface area contributed by atoms with Crippen LogP contribution in [0.1, 0.15) is 38.2 Å². The Morgan fingerprint density at radius 1 is 1.25 bits per heavy atom. The predicted molar refractivity (Wildman–Crippen MR) is 78.0 cm³/mol. The standard InChI is InChI=1S/C15H18ClNO3/c1-15(9-3-4-10-15)20-17-13(14(18)19-2)11-5-7-12(16)8-6-11/h5-8H,3-4,9-10H2,1-2H3. The molecule has 0 bridgehead atoms. The SMILES string of the molecule is COC(=O)C(=NOC1(C)CCCC1)c1ccc(Cl)cc1. The number of hydrogen-bond donors (Lipinski definition) is 0. The summed E-state index contributed by atoms with van der Waals surface area (Å²) in [6, 6.07) is 6.84. The van der Waals surface area contributed by atoms with E-state index in [0.29, 0.717) is 10.6 Å². The van der Waals surface area contributed by atoms with E-state index in [9.17, 15) is 4.79 Å². The predicted octanol–water partition coefficient (Wildman–Crippen LogP) is 3.57. The second-order valence-corrected chi connectivity index (χ2v) is 5.62. The fourth-order valence-electron chi connectivity index (χ4n) is 2.28. The first-order valence-electron chi connectivity index (χ1n) is 6.64. The number of oxime groups is 1. The molecule has 20 heavy (non-hydrogen) atoms. The van der Waals surface area contributed by atoms with Gasteiger partial charge in [-0.05, 0) is 44.7 Å². The van der Waals surface area contributed by atoms with Crippen molar-refractivity contribution in [3.8, 4) is 0 Å². The van der Waals surface area contributed by atoms with Gasteiger partial charge < -0.3 is 9.57 Å². The average Bonchev–Trinajstić information content (AvgIpc) is 2.87. The molecule has 1 aliphatic carbocycles. The van der Waals surface area contributed by atoms with E-state index in [1.165, 1.54) is 7.11 Å². The number of nitrogens with zero attached hydrogens (tertiary/aromatic N) is 1. The van der Waals surface area contributed by atoms with Gasteiger partial charge in [0.25, 0.3) is 0 Å². The van der Waals surface area contributed by atoms with Crippen LogP contribution in [0.5, 0.6) is 0 Å². The lowest BCUT2D eigenvalue weighted by Gasteiger charge is -2.21. The van der Waals surface area contributed by atoms with Crippen LogP contribution in [0.25, 0.3) is 0 Å². The van der Waals surface area contributed by atoms with Gasteiger partial charge >= 0.3 is 5.97 Å². The molecule has 1 saturated carbocycles. The maximum atomic E-state index is 11.8. The Bertz CT molecular complexity index is 504. The van der Waals surface area contributed by atoms with E-state index < -0.39 is 5.97 Å². The molecular formula is C15H18ClNO3. The van der Waals surface area contributed by atoms with Gasteiger partial charge in [0.15, 0.2) is 5.71 Å². The fraction of sp³-hybridized carbons (Fsp3) is 0.467. The molecule has 0 amide bonds. The van der Waals surface area contributed by atoms with Crippen molar-refractivity contribution >= 4 is 23.3 Å². The first-order chi connectivity index (χ1) is 9.54. The second-order valence-electron chi connectivity index (χ2n) is 5.19. The highest BCUT2D eigenvalue weighted by Gasteiger charge is 2.31. The number of rotatable bonds is 4. The summed E-state index contributed by atoms with van der Waals surface area (Å²) in [5.41, 5.74) is 0.506. The molecule has 0 aliphatic heterocycles. The summed E-state index contributed by atoms with van der Waals surface area (Å²) < 4.78 is 4.76. The zero-order valence-electron chi connectivity index (χ0n) is 11.7. The molecule has 0 saturated heterocycles. The van der Waals surface area contributed by atoms with Crippen LogP contribution in [-0.4, -0.2) is 24.4 Å². The van der Waals surface area contributed by atoms with E-state index in [1.807, 2.05) is 6.92 Å². The molecule has 0 atom stereocenters. The molecule has 0 aromatic heterocycles. The van der Waals surface area contributed by atoms with Crippen LogP contribution in [0.15, 0.2) is 29.4 Å². The van der Waals surface area contributed by atoms with Crippen molar-refractivity contribution in [1.29, 1.82) is 0 Å². The molecule has 2 rings (SSSR count). The van der Waals surface area contributed by atoms with Crippen LogP contribution < -0.4 is 0 Å². The maximum absolute atomic E-state index is 11.8. The van der Waals surface area contributed by atoms with Crippen molar-refractivity contribution in [2.45, 2.75) is 38.2 Å². The van der Waals surface area contributed by atoms with Gasteiger partial charge in [-0.15, -0.1) is 0 Å². The number of halogens is 1. The molecule has 0 unspecified atom stereocenters. The number of ether oxygens (including phenoxy) is 1. The Morgan fingerprint density at radius 3 is 2.40 bits per heavy atom. The first-order valence-corrected chi connectivity index (χ1v) is 7.02. The number of hydrogen-bond acceptors (Lipinski definition) is 4. The van der Waals surface area contributed by atoms with Crippen LogP contribution in [0.4, 0.5) is 0 Å². The van der Waals surface area contributed by atoms with E-state index >= 15 is 0 Å². The Hall–Kier alpha value is -1.55. The number of carbonyl (C=O) groups is 1. The van der Waals surface area contributed by atoms with Gasteiger partial charge in [0.2, 0.25) is 0 Å². The van der Waals surface area contributed by atoms with Crippen LogP contribution in [0.3, 0.4) is 0 Å². The summed E-state index contributed by atoms with van der Waals surface area (Å²) in [4.78, 5) is 17.5. The highest BCUT2D eigenvalue weighted by Crippen LogP contribution is 2.32. The Kier molecular flexibility index (Phi) is 4.65. The normalized spacial score (nSPS) is 17.9. The van der Waals surface area contributed by atoms with Gasteiger partial charge in [0, 0.05) is 10.6 Å². The van der Waals surface area contributed by atoms with Gasteiger partial charge in [0.05, 0.1) is 7.11 Å². The summed E-state index contributed by atoms with van der Waals surface area (Å²) in [5, 5.41) is 4.65. The van der Waals surface area contributed by atoms with Crippen LogP contribution in [0, 0.1) is 0 Å². The minimum Gasteiger partial charge on any atom is -0.464 e. The van der Waals surface area contributed by atoms with Crippen LogP contribution in [-0.2, 0) is 14.4 Å². The Morgan fingerprint density at radius 2 is 1.85 bits per heavy atom. The second kappa shape index (κ2) is 6.27. The van der Waals surface area contributed by atoms with Crippen molar-refractivity contribution in [2.75, 3.05) is 7.11 Å². The van der Waals surface area contributed by atoms with E-state index in [2.05, 4.69) is 5.16 Å². The molecule has 1 aromatic rings. The molecule has 5 heteroatoms.